The van der Waals surface area contributed by atoms with Gasteiger partial charge in [0.05, 0.1) is 6.61 Å². The van der Waals surface area contributed by atoms with Gasteiger partial charge in [-0.05, 0) is 45.4 Å². The third-order valence-corrected chi connectivity index (χ3v) is 2.90. The standard InChI is InChI=1S/C16H26ClNO2/c1-5-8-19-9-10-20-15-7-6-14(17)11-13(15)12-18-16(2,3)4/h6-7,11,18H,5,8-10,12H2,1-4H3. The lowest BCUT2D eigenvalue weighted by Crippen LogP contribution is -2.35. The zero-order valence-corrected chi connectivity index (χ0v) is 13.7. The van der Waals surface area contributed by atoms with E-state index in [9.17, 15) is 0 Å². The van der Waals surface area contributed by atoms with E-state index < -0.39 is 0 Å². The second kappa shape index (κ2) is 8.50. The maximum atomic E-state index is 6.06. The minimum absolute atomic E-state index is 0.0593. The van der Waals surface area contributed by atoms with Gasteiger partial charge in [-0.25, -0.2) is 0 Å². The van der Waals surface area contributed by atoms with Gasteiger partial charge in [0.25, 0.3) is 0 Å². The van der Waals surface area contributed by atoms with Gasteiger partial charge in [-0.2, -0.15) is 0 Å². The molecule has 1 aromatic carbocycles. The fraction of sp³-hybridized carbons (Fsp3) is 0.625. The number of halogens is 1. The Labute approximate surface area is 127 Å². The molecule has 0 atom stereocenters. The predicted octanol–water partition coefficient (Wildman–Crippen LogP) is 4.03. The highest BCUT2D eigenvalue weighted by molar-refractivity contribution is 6.30. The number of rotatable bonds is 8. The van der Waals surface area contributed by atoms with Crippen LogP contribution in [0.4, 0.5) is 0 Å². The van der Waals surface area contributed by atoms with E-state index in [1.165, 1.54) is 0 Å². The Bertz CT molecular complexity index is 402. The molecule has 114 valence electrons. The minimum Gasteiger partial charge on any atom is -0.491 e. The fourth-order valence-corrected chi connectivity index (χ4v) is 1.84. The summed E-state index contributed by atoms with van der Waals surface area (Å²) in [6, 6.07) is 5.72. The Kier molecular flexibility index (Phi) is 7.35. The SMILES string of the molecule is CCCOCCOc1ccc(Cl)cc1CNC(C)(C)C. The van der Waals surface area contributed by atoms with Crippen LogP contribution in [-0.4, -0.2) is 25.4 Å². The quantitative estimate of drug-likeness (QED) is 0.735. The van der Waals surface area contributed by atoms with Gasteiger partial charge < -0.3 is 14.8 Å². The van der Waals surface area contributed by atoms with Crippen molar-refractivity contribution in [2.75, 3.05) is 19.8 Å². The van der Waals surface area contributed by atoms with E-state index in [1.807, 2.05) is 18.2 Å². The summed E-state index contributed by atoms with van der Waals surface area (Å²) in [5.41, 5.74) is 1.13. The van der Waals surface area contributed by atoms with Gasteiger partial charge >= 0.3 is 0 Å². The van der Waals surface area contributed by atoms with Crippen molar-refractivity contribution in [2.24, 2.45) is 0 Å². The first kappa shape index (κ1) is 17.3. The van der Waals surface area contributed by atoms with Crippen molar-refractivity contribution in [3.63, 3.8) is 0 Å². The predicted molar refractivity (Wildman–Crippen MR) is 84.6 cm³/mol. The molecule has 0 aliphatic heterocycles. The molecule has 0 aliphatic rings. The smallest absolute Gasteiger partial charge is 0.124 e. The highest BCUT2D eigenvalue weighted by Crippen LogP contribution is 2.23. The van der Waals surface area contributed by atoms with E-state index in [0.717, 1.165) is 35.9 Å². The summed E-state index contributed by atoms with van der Waals surface area (Å²) >= 11 is 6.06. The van der Waals surface area contributed by atoms with E-state index in [1.54, 1.807) is 0 Å². The van der Waals surface area contributed by atoms with Gasteiger partial charge in [0.15, 0.2) is 0 Å². The molecule has 4 heteroatoms. The molecular weight excluding hydrogens is 274 g/mol. The molecule has 0 aliphatic carbocycles. The number of hydrogen-bond acceptors (Lipinski definition) is 3. The van der Waals surface area contributed by atoms with Crippen LogP contribution in [0.25, 0.3) is 0 Å². The molecule has 0 heterocycles. The van der Waals surface area contributed by atoms with Crippen LogP contribution in [0, 0.1) is 0 Å². The molecule has 1 rings (SSSR count). The molecule has 0 fully saturated rings. The summed E-state index contributed by atoms with van der Waals surface area (Å²) in [6.07, 6.45) is 1.03. The maximum Gasteiger partial charge on any atom is 0.124 e. The highest BCUT2D eigenvalue weighted by Gasteiger charge is 2.11. The topological polar surface area (TPSA) is 30.5 Å². The van der Waals surface area contributed by atoms with E-state index in [4.69, 9.17) is 21.1 Å². The average molecular weight is 300 g/mol. The van der Waals surface area contributed by atoms with Crippen LogP contribution in [0.1, 0.15) is 39.7 Å². The molecular formula is C16H26ClNO2. The molecule has 0 unspecified atom stereocenters. The molecule has 0 amide bonds. The Balaban J connectivity index is 2.56. The number of ether oxygens (including phenoxy) is 2. The molecule has 0 aromatic heterocycles. The monoisotopic (exact) mass is 299 g/mol. The first-order valence-electron chi connectivity index (χ1n) is 7.16. The average Bonchev–Trinajstić information content (AvgIpc) is 2.37. The Morgan fingerprint density at radius 2 is 1.90 bits per heavy atom. The highest BCUT2D eigenvalue weighted by atomic mass is 35.5. The van der Waals surface area contributed by atoms with Gasteiger partial charge in [-0.15, -0.1) is 0 Å². The number of nitrogens with one attached hydrogen (secondary N) is 1. The lowest BCUT2D eigenvalue weighted by molar-refractivity contribution is 0.100. The molecule has 0 radical (unpaired) electrons. The molecule has 3 nitrogen and oxygen atoms in total. The number of benzene rings is 1. The summed E-state index contributed by atoms with van der Waals surface area (Å²) < 4.78 is 11.2. The normalized spacial score (nSPS) is 11.7. The van der Waals surface area contributed by atoms with Crippen LogP contribution in [0.3, 0.4) is 0 Å². The Hall–Kier alpha value is -0.770. The van der Waals surface area contributed by atoms with Crippen LogP contribution >= 0.6 is 11.6 Å². The minimum atomic E-state index is 0.0593. The lowest BCUT2D eigenvalue weighted by Gasteiger charge is -2.22. The van der Waals surface area contributed by atoms with Gasteiger partial charge in [0.2, 0.25) is 0 Å². The van der Waals surface area contributed by atoms with Crippen molar-refractivity contribution in [2.45, 2.75) is 46.2 Å². The van der Waals surface area contributed by atoms with Crippen molar-refractivity contribution in [3.05, 3.63) is 28.8 Å². The van der Waals surface area contributed by atoms with Crippen molar-refractivity contribution in [1.82, 2.24) is 5.32 Å². The van der Waals surface area contributed by atoms with Gasteiger partial charge in [0, 0.05) is 29.3 Å². The largest absolute Gasteiger partial charge is 0.491 e. The van der Waals surface area contributed by atoms with Crippen LogP contribution in [-0.2, 0) is 11.3 Å². The third-order valence-electron chi connectivity index (χ3n) is 2.67. The van der Waals surface area contributed by atoms with Crippen LogP contribution < -0.4 is 10.1 Å². The van der Waals surface area contributed by atoms with E-state index in [2.05, 4.69) is 33.0 Å². The van der Waals surface area contributed by atoms with Crippen LogP contribution in [0.5, 0.6) is 5.75 Å². The zero-order valence-electron chi connectivity index (χ0n) is 13.0. The fourth-order valence-electron chi connectivity index (χ4n) is 1.64. The lowest BCUT2D eigenvalue weighted by atomic mass is 10.1. The second-order valence-electron chi connectivity index (χ2n) is 5.82. The van der Waals surface area contributed by atoms with Crippen molar-refractivity contribution in [3.8, 4) is 5.75 Å². The van der Waals surface area contributed by atoms with Crippen molar-refractivity contribution < 1.29 is 9.47 Å². The van der Waals surface area contributed by atoms with Crippen molar-refractivity contribution in [1.29, 1.82) is 0 Å². The Morgan fingerprint density at radius 3 is 2.55 bits per heavy atom. The second-order valence-corrected chi connectivity index (χ2v) is 6.25. The molecule has 20 heavy (non-hydrogen) atoms. The molecule has 0 bridgehead atoms. The summed E-state index contributed by atoms with van der Waals surface area (Å²) in [7, 11) is 0. The molecule has 0 saturated heterocycles. The van der Waals surface area contributed by atoms with Crippen LogP contribution in [0.2, 0.25) is 5.02 Å². The summed E-state index contributed by atoms with van der Waals surface area (Å²) in [5, 5.41) is 4.17. The molecule has 1 N–H and O–H groups in total. The molecule has 0 spiro atoms. The maximum absolute atomic E-state index is 6.06. The van der Waals surface area contributed by atoms with Gasteiger partial charge in [-0.1, -0.05) is 18.5 Å². The number of hydrogen-bond donors (Lipinski definition) is 1. The zero-order chi connectivity index (χ0) is 15.0. The summed E-state index contributed by atoms with van der Waals surface area (Å²) in [6.45, 7) is 11.2. The van der Waals surface area contributed by atoms with E-state index in [-0.39, 0.29) is 5.54 Å². The van der Waals surface area contributed by atoms with Gasteiger partial charge in [-0.3, -0.25) is 0 Å². The summed E-state index contributed by atoms with van der Waals surface area (Å²) in [4.78, 5) is 0. The first-order valence-corrected chi connectivity index (χ1v) is 7.54. The van der Waals surface area contributed by atoms with Gasteiger partial charge in [0.1, 0.15) is 12.4 Å². The first-order chi connectivity index (χ1) is 9.42. The summed E-state index contributed by atoms with van der Waals surface area (Å²) in [5.74, 6) is 0.867. The third kappa shape index (κ3) is 7.13. The molecule has 0 saturated carbocycles. The molecule has 1 aromatic rings. The van der Waals surface area contributed by atoms with Crippen molar-refractivity contribution >= 4 is 11.6 Å². The Morgan fingerprint density at radius 1 is 1.15 bits per heavy atom. The van der Waals surface area contributed by atoms with E-state index in [0.29, 0.717) is 13.2 Å². The van der Waals surface area contributed by atoms with Crippen LogP contribution in [0.15, 0.2) is 18.2 Å². The van der Waals surface area contributed by atoms with E-state index >= 15 is 0 Å².